The van der Waals surface area contributed by atoms with E-state index >= 15 is 0 Å². The zero-order valence-electron chi connectivity index (χ0n) is 16.6. The Morgan fingerprint density at radius 2 is 2.00 bits per heavy atom. The van der Waals surface area contributed by atoms with Gasteiger partial charge in [0.2, 0.25) is 0 Å². The van der Waals surface area contributed by atoms with Gasteiger partial charge in [0, 0.05) is 29.2 Å². The van der Waals surface area contributed by atoms with Gasteiger partial charge in [-0.1, -0.05) is 24.4 Å². The Morgan fingerprint density at radius 3 is 2.62 bits per heavy atom. The van der Waals surface area contributed by atoms with Crippen molar-refractivity contribution in [1.29, 1.82) is 5.26 Å². The molecule has 1 aromatic carbocycles. The number of nitriles is 1. The topological polar surface area (TPSA) is 67.6 Å². The molecule has 4 aromatic rings. The van der Waals surface area contributed by atoms with Crippen LogP contribution in [0.3, 0.4) is 0 Å². The third-order valence-corrected chi connectivity index (χ3v) is 6.05. The largest absolute Gasteiger partial charge is 0.361 e. The van der Waals surface area contributed by atoms with Crippen LogP contribution >= 0.6 is 0 Å². The average molecular weight is 382 g/mol. The molecule has 3 aromatic heterocycles. The second-order valence-electron chi connectivity index (χ2n) is 7.97. The van der Waals surface area contributed by atoms with Gasteiger partial charge in [-0.15, -0.1) is 0 Å². The number of benzene rings is 1. The lowest BCUT2D eigenvalue weighted by Gasteiger charge is -2.24. The Balaban J connectivity index is 1.68. The number of hydrogen-bond donors (Lipinski definition) is 0. The molecule has 0 saturated heterocycles. The molecule has 5 rings (SSSR count). The first-order valence-corrected chi connectivity index (χ1v) is 10.1. The summed E-state index contributed by atoms with van der Waals surface area (Å²) in [7, 11) is 0. The van der Waals surface area contributed by atoms with Gasteiger partial charge in [-0.05, 0) is 62.1 Å². The van der Waals surface area contributed by atoms with Gasteiger partial charge in [-0.2, -0.15) is 5.26 Å². The maximum Gasteiger partial charge on any atom is 0.141 e. The second kappa shape index (κ2) is 6.89. The standard InChI is InChI=1S/C24H22N4O/c1-15-23(16(2)29-27-15)19-11-22-24(26-13-19)20(10-17-4-3-5-17)14-28(22)21-8-6-18(12-25)7-9-21/h6-9,11,13-14,17H,3-5,10H2,1-2H3. The van der Waals surface area contributed by atoms with Crippen LogP contribution in [0.4, 0.5) is 0 Å². The highest BCUT2D eigenvalue weighted by molar-refractivity contribution is 5.86. The van der Waals surface area contributed by atoms with Crippen molar-refractivity contribution in [3.8, 4) is 22.9 Å². The molecule has 29 heavy (non-hydrogen) atoms. The summed E-state index contributed by atoms with van der Waals surface area (Å²) in [4.78, 5) is 4.87. The van der Waals surface area contributed by atoms with Crippen molar-refractivity contribution in [2.24, 2.45) is 5.92 Å². The summed E-state index contributed by atoms with van der Waals surface area (Å²) in [6.07, 6.45) is 9.16. The van der Waals surface area contributed by atoms with Crippen LogP contribution < -0.4 is 0 Å². The van der Waals surface area contributed by atoms with Gasteiger partial charge < -0.3 is 9.09 Å². The van der Waals surface area contributed by atoms with Gasteiger partial charge in [0.25, 0.3) is 0 Å². The minimum Gasteiger partial charge on any atom is -0.361 e. The van der Waals surface area contributed by atoms with Crippen LogP contribution in [-0.2, 0) is 6.42 Å². The van der Waals surface area contributed by atoms with Crippen molar-refractivity contribution >= 4 is 11.0 Å². The Bertz CT molecular complexity index is 1220. The van der Waals surface area contributed by atoms with Crippen molar-refractivity contribution in [3.63, 3.8) is 0 Å². The Kier molecular flexibility index (Phi) is 4.21. The fraction of sp³-hybridized carbons (Fsp3) is 0.292. The van der Waals surface area contributed by atoms with Crippen molar-refractivity contribution in [3.05, 3.63) is 65.3 Å². The van der Waals surface area contributed by atoms with Gasteiger partial charge in [0.05, 0.1) is 28.4 Å². The zero-order chi connectivity index (χ0) is 20.0. The molecule has 0 radical (unpaired) electrons. The highest BCUT2D eigenvalue weighted by Gasteiger charge is 2.22. The van der Waals surface area contributed by atoms with E-state index in [1.54, 1.807) is 0 Å². The summed E-state index contributed by atoms with van der Waals surface area (Å²) in [5, 5.41) is 13.2. The van der Waals surface area contributed by atoms with Crippen molar-refractivity contribution in [1.82, 2.24) is 14.7 Å². The number of hydrogen-bond acceptors (Lipinski definition) is 4. The number of fused-ring (bicyclic) bond motifs is 1. The average Bonchev–Trinajstić information content (AvgIpc) is 3.24. The molecule has 0 aliphatic heterocycles. The predicted molar refractivity (Wildman–Crippen MR) is 112 cm³/mol. The quantitative estimate of drug-likeness (QED) is 0.466. The molecule has 0 atom stereocenters. The maximum absolute atomic E-state index is 9.12. The van der Waals surface area contributed by atoms with E-state index in [1.807, 2.05) is 44.3 Å². The Hall–Kier alpha value is -3.39. The Morgan fingerprint density at radius 1 is 1.21 bits per heavy atom. The SMILES string of the molecule is Cc1noc(C)c1-c1cnc2c(CC3CCC3)cn(-c3ccc(C#N)cc3)c2c1. The number of rotatable bonds is 4. The normalized spacial score (nSPS) is 14.1. The molecule has 5 heteroatoms. The van der Waals surface area contributed by atoms with E-state index in [9.17, 15) is 0 Å². The van der Waals surface area contributed by atoms with Crippen LogP contribution in [0, 0.1) is 31.1 Å². The molecule has 0 spiro atoms. The number of aryl methyl sites for hydroxylation is 2. The smallest absolute Gasteiger partial charge is 0.141 e. The molecule has 1 fully saturated rings. The summed E-state index contributed by atoms with van der Waals surface area (Å²) in [6, 6.07) is 12.1. The van der Waals surface area contributed by atoms with Crippen LogP contribution in [0.2, 0.25) is 0 Å². The monoisotopic (exact) mass is 382 g/mol. The molecule has 1 aliphatic rings. The van der Waals surface area contributed by atoms with Crippen molar-refractivity contribution in [2.45, 2.75) is 39.5 Å². The van der Waals surface area contributed by atoms with Crippen LogP contribution in [-0.4, -0.2) is 14.7 Å². The van der Waals surface area contributed by atoms with E-state index in [4.69, 9.17) is 14.8 Å². The first kappa shape index (κ1) is 17.7. The third kappa shape index (κ3) is 3.01. The van der Waals surface area contributed by atoms with E-state index in [0.29, 0.717) is 5.56 Å². The number of aromatic nitrogens is 3. The fourth-order valence-corrected chi connectivity index (χ4v) is 4.27. The van der Waals surface area contributed by atoms with Gasteiger partial charge >= 0.3 is 0 Å². The van der Waals surface area contributed by atoms with Crippen LogP contribution in [0.5, 0.6) is 0 Å². The number of pyridine rings is 1. The first-order chi connectivity index (χ1) is 14.1. The van der Waals surface area contributed by atoms with Gasteiger partial charge in [-0.3, -0.25) is 4.98 Å². The molecule has 5 nitrogen and oxygen atoms in total. The molecule has 0 bridgehead atoms. The van der Waals surface area contributed by atoms with E-state index in [-0.39, 0.29) is 0 Å². The molecule has 1 saturated carbocycles. The summed E-state index contributed by atoms with van der Waals surface area (Å²) in [5.74, 6) is 1.56. The third-order valence-electron chi connectivity index (χ3n) is 6.05. The second-order valence-corrected chi connectivity index (χ2v) is 7.97. The predicted octanol–water partition coefficient (Wildman–Crippen LogP) is 5.51. The Labute approximate surface area is 169 Å². The van der Waals surface area contributed by atoms with E-state index in [2.05, 4.69) is 28.1 Å². The molecular weight excluding hydrogens is 360 g/mol. The maximum atomic E-state index is 9.12. The first-order valence-electron chi connectivity index (χ1n) is 10.1. The van der Waals surface area contributed by atoms with Crippen molar-refractivity contribution < 1.29 is 4.52 Å². The lowest BCUT2D eigenvalue weighted by atomic mass is 9.81. The zero-order valence-corrected chi connectivity index (χ0v) is 16.6. The highest BCUT2D eigenvalue weighted by atomic mass is 16.5. The molecule has 0 unspecified atom stereocenters. The van der Waals surface area contributed by atoms with Gasteiger partial charge in [0.15, 0.2) is 0 Å². The molecule has 0 N–H and O–H groups in total. The molecule has 1 aliphatic carbocycles. The van der Waals surface area contributed by atoms with E-state index in [1.165, 1.54) is 24.8 Å². The summed E-state index contributed by atoms with van der Waals surface area (Å²) in [6.45, 7) is 3.89. The van der Waals surface area contributed by atoms with Crippen LogP contribution in [0.15, 0.2) is 47.2 Å². The number of nitrogens with zero attached hydrogens (tertiary/aromatic N) is 4. The summed E-state index contributed by atoms with van der Waals surface area (Å²) < 4.78 is 7.56. The minimum absolute atomic E-state index is 0.662. The molecule has 144 valence electrons. The van der Waals surface area contributed by atoms with E-state index < -0.39 is 0 Å². The summed E-state index contributed by atoms with van der Waals surface area (Å²) >= 11 is 0. The van der Waals surface area contributed by atoms with Gasteiger partial charge in [-0.25, -0.2) is 0 Å². The molecule has 3 heterocycles. The lowest BCUT2D eigenvalue weighted by molar-refractivity contribution is 0.315. The lowest BCUT2D eigenvalue weighted by Crippen LogP contribution is -2.13. The highest BCUT2D eigenvalue weighted by Crippen LogP contribution is 2.35. The van der Waals surface area contributed by atoms with Crippen LogP contribution in [0.25, 0.3) is 27.8 Å². The summed E-state index contributed by atoms with van der Waals surface area (Å²) in [5.41, 5.74) is 8.00. The minimum atomic E-state index is 0.662. The molecular formula is C24H22N4O. The van der Waals surface area contributed by atoms with Crippen molar-refractivity contribution in [2.75, 3.05) is 0 Å². The molecule has 0 amide bonds. The fourth-order valence-electron chi connectivity index (χ4n) is 4.27. The van der Waals surface area contributed by atoms with E-state index in [0.717, 1.165) is 51.6 Å². The van der Waals surface area contributed by atoms with Gasteiger partial charge in [0.1, 0.15) is 5.76 Å². The van der Waals surface area contributed by atoms with Crippen LogP contribution in [0.1, 0.15) is 41.8 Å².